The van der Waals surface area contributed by atoms with Gasteiger partial charge in [-0.3, -0.25) is 4.79 Å². The summed E-state index contributed by atoms with van der Waals surface area (Å²) in [6.07, 6.45) is 2.26. The average Bonchev–Trinajstić information content (AvgIpc) is 3.18. The van der Waals surface area contributed by atoms with E-state index in [2.05, 4.69) is 48.0 Å². The molecule has 1 aromatic heterocycles. The van der Waals surface area contributed by atoms with E-state index in [1.54, 1.807) is 0 Å². The Morgan fingerprint density at radius 1 is 0.971 bits per heavy atom. The maximum atomic E-state index is 12.6. The lowest BCUT2D eigenvalue weighted by molar-refractivity contribution is -0.121. The van der Waals surface area contributed by atoms with Crippen LogP contribution in [0.2, 0.25) is 0 Å². The Bertz CT molecular complexity index is 1230. The number of fused-ring (bicyclic) bond motifs is 1. The van der Waals surface area contributed by atoms with Crippen LogP contribution in [0.3, 0.4) is 0 Å². The number of benzene rings is 3. The first-order valence-corrected chi connectivity index (χ1v) is 12.0. The van der Waals surface area contributed by atoms with E-state index in [1.807, 2.05) is 55.5 Å². The minimum Gasteiger partial charge on any atom is -0.494 e. The van der Waals surface area contributed by atoms with Gasteiger partial charge in [-0.1, -0.05) is 48.5 Å². The molecular weight excluding hydrogens is 422 g/mol. The summed E-state index contributed by atoms with van der Waals surface area (Å²) < 4.78 is 8.22. The standard InChI is InChI=1S/C29H33N3O2/c1-21-17-22(2)19-25(18-21)34-16-10-9-15-32-27-14-8-7-13-26(27)31-29(32)23(3)30-28(33)20-24-11-5-4-6-12-24/h4-8,11-14,17-19,23H,9-10,15-16,20H2,1-3H3,(H,30,33). The highest BCUT2D eigenvalue weighted by molar-refractivity contribution is 5.79. The first-order chi connectivity index (χ1) is 16.5. The van der Waals surface area contributed by atoms with Crippen LogP contribution in [0.1, 0.15) is 48.3 Å². The molecule has 1 N–H and O–H groups in total. The maximum absolute atomic E-state index is 12.6. The monoisotopic (exact) mass is 455 g/mol. The zero-order valence-corrected chi connectivity index (χ0v) is 20.3. The summed E-state index contributed by atoms with van der Waals surface area (Å²) in [4.78, 5) is 17.5. The van der Waals surface area contributed by atoms with Crippen LogP contribution >= 0.6 is 0 Å². The van der Waals surface area contributed by atoms with E-state index >= 15 is 0 Å². The first-order valence-electron chi connectivity index (χ1n) is 12.0. The number of nitrogens with one attached hydrogen (secondary N) is 1. The zero-order valence-electron chi connectivity index (χ0n) is 20.3. The summed E-state index contributed by atoms with van der Waals surface area (Å²) in [6.45, 7) is 7.68. The van der Waals surface area contributed by atoms with Crippen molar-refractivity contribution >= 4 is 16.9 Å². The van der Waals surface area contributed by atoms with Crippen molar-refractivity contribution in [2.24, 2.45) is 0 Å². The van der Waals surface area contributed by atoms with Gasteiger partial charge in [0.15, 0.2) is 0 Å². The summed E-state index contributed by atoms with van der Waals surface area (Å²) in [6, 6.07) is 24.1. The summed E-state index contributed by atoms with van der Waals surface area (Å²) in [5, 5.41) is 3.13. The van der Waals surface area contributed by atoms with Gasteiger partial charge in [0.25, 0.3) is 0 Å². The zero-order chi connectivity index (χ0) is 23.9. The topological polar surface area (TPSA) is 56.1 Å². The molecule has 4 aromatic rings. The molecule has 1 amide bonds. The normalized spacial score (nSPS) is 12.0. The Hall–Kier alpha value is -3.60. The number of nitrogens with zero attached hydrogens (tertiary/aromatic N) is 2. The van der Waals surface area contributed by atoms with E-state index in [0.717, 1.165) is 47.6 Å². The molecule has 0 aliphatic carbocycles. The number of carbonyl (C=O) groups excluding carboxylic acids is 1. The van der Waals surface area contributed by atoms with Crippen LogP contribution in [0.25, 0.3) is 11.0 Å². The van der Waals surface area contributed by atoms with Gasteiger partial charge in [-0.2, -0.15) is 0 Å². The molecule has 1 heterocycles. The molecule has 0 saturated heterocycles. The van der Waals surface area contributed by atoms with Gasteiger partial charge in [0.2, 0.25) is 5.91 Å². The third kappa shape index (κ3) is 6.04. The molecule has 0 bridgehead atoms. The van der Waals surface area contributed by atoms with E-state index in [4.69, 9.17) is 9.72 Å². The van der Waals surface area contributed by atoms with Crippen molar-refractivity contribution in [3.63, 3.8) is 0 Å². The van der Waals surface area contributed by atoms with E-state index in [1.165, 1.54) is 11.1 Å². The van der Waals surface area contributed by atoms with Crippen LogP contribution in [0.5, 0.6) is 5.75 Å². The molecule has 0 aliphatic heterocycles. The van der Waals surface area contributed by atoms with Gasteiger partial charge in [-0.25, -0.2) is 4.98 Å². The number of aryl methyl sites for hydroxylation is 3. The smallest absolute Gasteiger partial charge is 0.224 e. The minimum atomic E-state index is -0.185. The average molecular weight is 456 g/mol. The number of ether oxygens (including phenoxy) is 1. The van der Waals surface area contributed by atoms with Crippen LogP contribution in [-0.4, -0.2) is 22.1 Å². The molecule has 4 rings (SSSR count). The molecule has 1 atom stereocenters. The number of carbonyl (C=O) groups is 1. The number of aromatic nitrogens is 2. The van der Waals surface area contributed by atoms with E-state index < -0.39 is 0 Å². The number of para-hydroxylation sites is 2. The number of unbranched alkanes of at least 4 members (excludes halogenated alkanes) is 1. The highest BCUT2D eigenvalue weighted by atomic mass is 16.5. The Morgan fingerprint density at radius 2 is 1.68 bits per heavy atom. The molecule has 0 spiro atoms. The predicted molar refractivity (Wildman–Crippen MR) is 137 cm³/mol. The lowest BCUT2D eigenvalue weighted by Gasteiger charge is -2.17. The van der Waals surface area contributed by atoms with Gasteiger partial charge in [0.1, 0.15) is 11.6 Å². The third-order valence-corrected chi connectivity index (χ3v) is 5.90. The van der Waals surface area contributed by atoms with Crippen LogP contribution in [0.15, 0.2) is 72.8 Å². The highest BCUT2D eigenvalue weighted by Crippen LogP contribution is 2.22. The molecule has 0 saturated carbocycles. The minimum absolute atomic E-state index is 0.000783. The number of rotatable bonds is 10. The van der Waals surface area contributed by atoms with Crippen LogP contribution in [0, 0.1) is 13.8 Å². The summed E-state index contributed by atoms with van der Waals surface area (Å²) in [5.74, 6) is 1.82. The Labute approximate surface area is 201 Å². The predicted octanol–water partition coefficient (Wildman–Crippen LogP) is 5.93. The molecule has 1 unspecified atom stereocenters. The van der Waals surface area contributed by atoms with Crippen LogP contribution in [-0.2, 0) is 17.8 Å². The Kier molecular flexibility index (Phi) is 7.63. The fraction of sp³-hybridized carbons (Fsp3) is 0.310. The van der Waals surface area contributed by atoms with Crippen LogP contribution in [0.4, 0.5) is 0 Å². The molecular formula is C29H33N3O2. The number of hydrogen-bond donors (Lipinski definition) is 1. The summed E-state index contributed by atoms with van der Waals surface area (Å²) >= 11 is 0. The molecule has 176 valence electrons. The Morgan fingerprint density at radius 3 is 2.44 bits per heavy atom. The van der Waals surface area contributed by atoms with Gasteiger partial charge in [-0.05, 0) is 74.6 Å². The maximum Gasteiger partial charge on any atom is 0.224 e. The second kappa shape index (κ2) is 11.0. The lowest BCUT2D eigenvalue weighted by Crippen LogP contribution is -2.30. The largest absolute Gasteiger partial charge is 0.494 e. The second-order valence-electron chi connectivity index (χ2n) is 8.94. The van der Waals surface area contributed by atoms with Crippen molar-refractivity contribution in [2.45, 2.75) is 52.6 Å². The third-order valence-electron chi connectivity index (χ3n) is 5.90. The fourth-order valence-corrected chi connectivity index (χ4v) is 4.38. The number of amides is 1. The van der Waals surface area contributed by atoms with Gasteiger partial charge < -0.3 is 14.6 Å². The highest BCUT2D eigenvalue weighted by Gasteiger charge is 2.18. The van der Waals surface area contributed by atoms with Crippen molar-refractivity contribution in [3.05, 3.63) is 95.3 Å². The van der Waals surface area contributed by atoms with Crippen molar-refractivity contribution in [3.8, 4) is 5.75 Å². The summed E-state index contributed by atoms with van der Waals surface area (Å²) in [5.41, 5.74) is 5.48. The van der Waals surface area contributed by atoms with Gasteiger partial charge >= 0.3 is 0 Å². The quantitative estimate of drug-likeness (QED) is 0.302. The molecule has 5 heteroatoms. The van der Waals surface area contributed by atoms with Gasteiger partial charge in [0, 0.05) is 6.54 Å². The lowest BCUT2D eigenvalue weighted by atomic mass is 10.1. The summed E-state index contributed by atoms with van der Waals surface area (Å²) in [7, 11) is 0. The van der Waals surface area contributed by atoms with Crippen molar-refractivity contribution in [2.75, 3.05) is 6.61 Å². The fourth-order valence-electron chi connectivity index (χ4n) is 4.38. The van der Waals surface area contributed by atoms with E-state index in [9.17, 15) is 4.79 Å². The number of hydrogen-bond acceptors (Lipinski definition) is 3. The van der Waals surface area contributed by atoms with Gasteiger partial charge in [-0.15, -0.1) is 0 Å². The van der Waals surface area contributed by atoms with Crippen LogP contribution < -0.4 is 10.1 Å². The van der Waals surface area contributed by atoms with Crippen molar-refractivity contribution in [1.82, 2.24) is 14.9 Å². The second-order valence-corrected chi connectivity index (χ2v) is 8.94. The molecule has 0 aliphatic rings. The van der Waals surface area contributed by atoms with E-state index in [-0.39, 0.29) is 11.9 Å². The molecule has 34 heavy (non-hydrogen) atoms. The molecule has 0 radical (unpaired) electrons. The molecule has 3 aromatic carbocycles. The number of imidazole rings is 1. The first kappa shape index (κ1) is 23.6. The Balaban J connectivity index is 1.38. The molecule has 0 fully saturated rings. The molecule has 5 nitrogen and oxygen atoms in total. The van der Waals surface area contributed by atoms with Crippen molar-refractivity contribution < 1.29 is 9.53 Å². The van der Waals surface area contributed by atoms with Gasteiger partial charge in [0.05, 0.1) is 30.1 Å². The van der Waals surface area contributed by atoms with Crippen molar-refractivity contribution in [1.29, 1.82) is 0 Å². The van der Waals surface area contributed by atoms with E-state index in [0.29, 0.717) is 13.0 Å². The SMILES string of the molecule is Cc1cc(C)cc(OCCCCn2c(C(C)NC(=O)Cc3ccccc3)nc3ccccc32)c1.